The van der Waals surface area contributed by atoms with Gasteiger partial charge in [-0.05, 0) is 73.2 Å². The Hall–Kier alpha value is -5.00. The van der Waals surface area contributed by atoms with Crippen LogP contribution in [-0.4, -0.2) is 70.3 Å². The van der Waals surface area contributed by atoms with Crippen LogP contribution in [0, 0.1) is 5.82 Å². The second-order valence-corrected chi connectivity index (χ2v) is 11.8. The van der Waals surface area contributed by atoms with Gasteiger partial charge in [-0.2, -0.15) is 0 Å². The van der Waals surface area contributed by atoms with Crippen LogP contribution in [-0.2, 0) is 11.3 Å². The molecule has 2 heterocycles. The molecule has 0 atom stereocenters. The largest absolute Gasteiger partial charge is 0.508 e. The van der Waals surface area contributed by atoms with Crippen molar-refractivity contribution in [3.63, 3.8) is 0 Å². The van der Waals surface area contributed by atoms with E-state index in [1.165, 1.54) is 12.1 Å². The van der Waals surface area contributed by atoms with E-state index in [-0.39, 0.29) is 46.7 Å². The van der Waals surface area contributed by atoms with E-state index >= 15 is 0 Å². The van der Waals surface area contributed by atoms with Crippen LogP contribution in [0.15, 0.2) is 79.0 Å². The van der Waals surface area contributed by atoms with Crippen LogP contribution < -0.4 is 15.4 Å². The number of hydrogen-bond acceptors (Lipinski definition) is 8. The van der Waals surface area contributed by atoms with E-state index in [9.17, 15) is 24.2 Å². The summed E-state index contributed by atoms with van der Waals surface area (Å²) in [4.78, 5) is 32.5. The van der Waals surface area contributed by atoms with E-state index in [2.05, 4.69) is 20.5 Å². The minimum Gasteiger partial charge on any atom is -0.508 e. The lowest BCUT2D eigenvalue weighted by Gasteiger charge is -2.30. The quantitative estimate of drug-likeness (QED) is 0.191. The standard InChI is InChI=1S/C36H37FN4O6/c37-25-20-30(35(45)40-27-10-8-26(9-11-27)39-34(44)24-6-12-28(42)13-7-24)36(38-21-25)47-33-31(22-41-16-18-46-19-17-41)29(14-15-32(33)43)23-4-2-1-3-5-23/h1-7,12-15,20-21,26-27,42-43H,8-11,16-19,22H2,(H,39,44)(H,40,45). The smallest absolute Gasteiger partial charge is 0.257 e. The van der Waals surface area contributed by atoms with Gasteiger partial charge in [-0.3, -0.25) is 14.5 Å². The molecule has 47 heavy (non-hydrogen) atoms. The van der Waals surface area contributed by atoms with Gasteiger partial charge in [-0.1, -0.05) is 36.4 Å². The number of phenols is 2. The number of rotatable bonds is 9. The van der Waals surface area contributed by atoms with Gasteiger partial charge >= 0.3 is 0 Å². The summed E-state index contributed by atoms with van der Waals surface area (Å²) in [7, 11) is 0. The molecule has 1 aliphatic carbocycles. The second-order valence-electron chi connectivity index (χ2n) is 11.8. The van der Waals surface area contributed by atoms with Gasteiger partial charge in [0.05, 0.1) is 19.4 Å². The Morgan fingerprint density at radius 1 is 0.894 bits per heavy atom. The van der Waals surface area contributed by atoms with Crippen LogP contribution in [0.1, 0.15) is 52.0 Å². The first-order valence-corrected chi connectivity index (χ1v) is 15.8. The van der Waals surface area contributed by atoms with Gasteiger partial charge < -0.3 is 30.3 Å². The maximum absolute atomic E-state index is 14.5. The molecule has 6 rings (SSSR count). The van der Waals surface area contributed by atoms with Crippen LogP contribution in [0.25, 0.3) is 11.1 Å². The summed E-state index contributed by atoms with van der Waals surface area (Å²) in [6.45, 7) is 3.04. The second kappa shape index (κ2) is 14.6. The van der Waals surface area contributed by atoms with Gasteiger partial charge in [-0.25, -0.2) is 9.37 Å². The van der Waals surface area contributed by atoms with E-state index in [4.69, 9.17) is 9.47 Å². The number of nitrogens with zero attached hydrogens (tertiary/aromatic N) is 2. The highest BCUT2D eigenvalue weighted by atomic mass is 19.1. The molecular formula is C36H37FN4O6. The Morgan fingerprint density at radius 2 is 1.55 bits per heavy atom. The summed E-state index contributed by atoms with van der Waals surface area (Å²) in [5, 5.41) is 26.5. The Balaban J connectivity index is 1.18. The van der Waals surface area contributed by atoms with Crippen molar-refractivity contribution in [2.24, 2.45) is 0 Å². The van der Waals surface area contributed by atoms with Crippen LogP contribution in [0.2, 0.25) is 0 Å². The molecule has 4 N–H and O–H groups in total. The average molecular weight is 641 g/mol. The summed E-state index contributed by atoms with van der Waals surface area (Å²) >= 11 is 0. The number of hydrogen-bond donors (Lipinski definition) is 4. The minimum atomic E-state index is -0.695. The van der Waals surface area contributed by atoms with Crippen molar-refractivity contribution in [3.05, 3.63) is 102 Å². The molecule has 1 aliphatic heterocycles. The predicted molar refractivity (Wildman–Crippen MR) is 173 cm³/mol. The van der Waals surface area contributed by atoms with Gasteiger partial charge in [0, 0.05) is 42.8 Å². The molecule has 3 aromatic carbocycles. The van der Waals surface area contributed by atoms with Gasteiger partial charge in [0.2, 0.25) is 5.88 Å². The van der Waals surface area contributed by atoms with Crippen molar-refractivity contribution in [3.8, 4) is 34.3 Å². The fourth-order valence-electron chi connectivity index (χ4n) is 6.05. The summed E-state index contributed by atoms with van der Waals surface area (Å²) in [6, 6.07) is 20.0. The fourth-order valence-corrected chi connectivity index (χ4v) is 6.05. The molecule has 0 radical (unpaired) electrons. The van der Waals surface area contributed by atoms with Gasteiger partial charge in [0.15, 0.2) is 11.5 Å². The van der Waals surface area contributed by atoms with E-state index in [0.717, 1.165) is 23.4 Å². The Labute approximate surface area is 272 Å². The highest BCUT2D eigenvalue weighted by Gasteiger charge is 2.27. The van der Waals surface area contributed by atoms with Crippen LogP contribution in [0.3, 0.4) is 0 Å². The average Bonchev–Trinajstić information content (AvgIpc) is 3.09. The molecule has 1 saturated carbocycles. The monoisotopic (exact) mass is 640 g/mol. The number of halogens is 1. The number of pyridine rings is 1. The van der Waals surface area contributed by atoms with Crippen molar-refractivity contribution < 1.29 is 33.7 Å². The van der Waals surface area contributed by atoms with E-state index in [0.29, 0.717) is 69.7 Å². The molecule has 1 aromatic heterocycles. The highest BCUT2D eigenvalue weighted by molar-refractivity contribution is 5.97. The molecule has 2 amide bonds. The summed E-state index contributed by atoms with van der Waals surface area (Å²) in [6.07, 6.45) is 3.48. The summed E-state index contributed by atoms with van der Waals surface area (Å²) < 4.78 is 26.3. The fraction of sp³-hybridized carbons (Fsp3) is 0.306. The first-order chi connectivity index (χ1) is 22.8. The van der Waals surface area contributed by atoms with Crippen LogP contribution in [0.5, 0.6) is 23.1 Å². The summed E-state index contributed by atoms with van der Waals surface area (Å²) in [5.41, 5.74) is 2.86. The molecule has 4 aromatic rings. The SMILES string of the molecule is O=C(NC1CCC(NC(=O)c2cc(F)cnc2Oc2c(O)ccc(-c3ccccc3)c2CN2CCOCC2)CC1)c1ccc(O)cc1. The molecule has 0 bridgehead atoms. The van der Waals surface area contributed by atoms with Gasteiger partial charge in [0.1, 0.15) is 17.1 Å². The van der Waals surface area contributed by atoms with Crippen molar-refractivity contribution in [1.29, 1.82) is 0 Å². The number of nitrogens with one attached hydrogen (secondary N) is 2. The highest BCUT2D eigenvalue weighted by Crippen LogP contribution is 2.41. The third-order valence-electron chi connectivity index (χ3n) is 8.60. The van der Waals surface area contributed by atoms with Crippen molar-refractivity contribution in [2.45, 2.75) is 44.3 Å². The Kier molecular flexibility index (Phi) is 9.94. The molecule has 10 nitrogen and oxygen atoms in total. The maximum atomic E-state index is 14.5. The Bertz CT molecular complexity index is 1710. The number of aromatic nitrogens is 1. The first kappa shape index (κ1) is 32.0. The van der Waals surface area contributed by atoms with Crippen LogP contribution >= 0.6 is 0 Å². The van der Waals surface area contributed by atoms with E-state index < -0.39 is 11.7 Å². The lowest BCUT2D eigenvalue weighted by molar-refractivity contribution is 0.0339. The summed E-state index contributed by atoms with van der Waals surface area (Å²) in [5.74, 6) is -1.48. The molecular weight excluding hydrogens is 603 g/mol. The van der Waals surface area contributed by atoms with Gasteiger partial charge in [0.25, 0.3) is 11.8 Å². The number of benzene rings is 3. The third-order valence-corrected chi connectivity index (χ3v) is 8.60. The zero-order chi connectivity index (χ0) is 32.8. The van der Waals surface area contributed by atoms with E-state index in [1.54, 1.807) is 18.2 Å². The Morgan fingerprint density at radius 3 is 2.23 bits per heavy atom. The predicted octanol–water partition coefficient (Wildman–Crippen LogP) is 5.39. The number of amides is 2. The number of phenolic OH excluding ortho intramolecular Hbond substituents is 2. The molecule has 244 valence electrons. The molecule has 2 aliphatic rings. The molecule has 1 saturated heterocycles. The van der Waals surface area contributed by atoms with Crippen molar-refractivity contribution in [1.82, 2.24) is 20.5 Å². The zero-order valence-corrected chi connectivity index (χ0v) is 25.8. The lowest BCUT2D eigenvalue weighted by atomic mass is 9.90. The van der Waals surface area contributed by atoms with Gasteiger partial charge in [-0.15, -0.1) is 0 Å². The molecule has 0 unspecified atom stereocenters. The molecule has 2 fully saturated rings. The van der Waals surface area contributed by atoms with Crippen LogP contribution in [0.4, 0.5) is 4.39 Å². The third kappa shape index (κ3) is 7.87. The number of aromatic hydroxyl groups is 2. The van der Waals surface area contributed by atoms with E-state index in [1.807, 2.05) is 36.4 Å². The lowest BCUT2D eigenvalue weighted by Crippen LogP contribution is -2.43. The normalized spacial score (nSPS) is 18.3. The number of carbonyl (C=O) groups is 2. The molecule has 0 spiro atoms. The number of morpholine rings is 1. The zero-order valence-electron chi connectivity index (χ0n) is 25.8. The molecule has 11 heteroatoms. The first-order valence-electron chi connectivity index (χ1n) is 15.8. The maximum Gasteiger partial charge on any atom is 0.257 e. The van der Waals surface area contributed by atoms with Crippen molar-refractivity contribution in [2.75, 3.05) is 26.3 Å². The van der Waals surface area contributed by atoms with Crippen molar-refractivity contribution >= 4 is 11.8 Å². The number of carbonyl (C=O) groups excluding carboxylic acids is 2. The minimum absolute atomic E-state index is 0.0658. The topological polar surface area (TPSA) is 133 Å². The number of ether oxygens (including phenoxy) is 2.